The van der Waals surface area contributed by atoms with Crippen LogP contribution >= 0.6 is 0 Å². The first kappa shape index (κ1) is 14.5. The standard InChI is InChI=1S/C17H22N2O/c1-3-10-19(12-14-4-5-14)17(20)11-13(2)15-6-8-16(18)9-7-15/h1,6-9,13-14H,4-5,10-12,18H2,2H3. The van der Waals surface area contributed by atoms with Gasteiger partial charge in [0.05, 0.1) is 6.54 Å². The van der Waals surface area contributed by atoms with Gasteiger partial charge in [0.25, 0.3) is 0 Å². The second-order valence-electron chi connectivity index (χ2n) is 5.69. The summed E-state index contributed by atoms with van der Waals surface area (Å²) in [5, 5.41) is 0. The van der Waals surface area contributed by atoms with E-state index < -0.39 is 0 Å². The van der Waals surface area contributed by atoms with Crippen molar-refractivity contribution in [2.24, 2.45) is 5.92 Å². The summed E-state index contributed by atoms with van der Waals surface area (Å²) in [7, 11) is 0. The molecular formula is C17H22N2O. The van der Waals surface area contributed by atoms with Crippen LogP contribution in [0.25, 0.3) is 0 Å². The molecule has 1 amide bonds. The molecule has 1 aliphatic rings. The van der Waals surface area contributed by atoms with Gasteiger partial charge in [-0.15, -0.1) is 6.42 Å². The van der Waals surface area contributed by atoms with Crippen molar-refractivity contribution in [3.63, 3.8) is 0 Å². The number of carbonyl (C=O) groups excluding carboxylic acids is 1. The van der Waals surface area contributed by atoms with Gasteiger partial charge in [-0.1, -0.05) is 25.0 Å². The molecule has 0 aliphatic heterocycles. The Morgan fingerprint density at radius 1 is 1.45 bits per heavy atom. The smallest absolute Gasteiger partial charge is 0.223 e. The number of nitrogens with zero attached hydrogens (tertiary/aromatic N) is 1. The molecule has 0 bridgehead atoms. The highest BCUT2D eigenvalue weighted by Crippen LogP contribution is 2.30. The number of terminal acetylenes is 1. The Kier molecular flexibility index (Phi) is 4.68. The fraction of sp³-hybridized carbons (Fsp3) is 0.471. The predicted octanol–water partition coefficient (Wildman–Crippen LogP) is 2.63. The van der Waals surface area contributed by atoms with Crippen molar-refractivity contribution in [2.45, 2.75) is 32.1 Å². The van der Waals surface area contributed by atoms with E-state index in [1.54, 1.807) is 0 Å². The van der Waals surface area contributed by atoms with Crippen molar-refractivity contribution in [1.29, 1.82) is 0 Å². The summed E-state index contributed by atoms with van der Waals surface area (Å²) in [5.74, 6) is 3.59. The minimum atomic E-state index is 0.152. The van der Waals surface area contributed by atoms with E-state index >= 15 is 0 Å². The van der Waals surface area contributed by atoms with Gasteiger partial charge < -0.3 is 10.6 Å². The van der Waals surface area contributed by atoms with Crippen molar-refractivity contribution < 1.29 is 4.79 Å². The molecule has 0 saturated heterocycles. The Balaban J connectivity index is 1.94. The number of rotatable bonds is 6. The second kappa shape index (κ2) is 6.47. The molecule has 1 unspecified atom stereocenters. The Labute approximate surface area is 121 Å². The largest absolute Gasteiger partial charge is 0.399 e. The van der Waals surface area contributed by atoms with Gasteiger partial charge in [0.1, 0.15) is 0 Å². The lowest BCUT2D eigenvalue weighted by molar-refractivity contribution is -0.131. The Morgan fingerprint density at radius 2 is 2.10 bits per heavy atom. The van der Waals surface area contributed by atoms with E-state index in [1.807, 2.05) is 29.2 Å². The first-order chi connectivity index (χ1) is 9.60. The van der Waals surface area contributed by atoms with Gasteiger partial charge in [-0.2, -0.15) is 0 Å². The number of hydrogen-bond donors (Lipinski definition) is 1. The lowest BCUT2D eigenvalue weighted by Crippen LogP contribution is -2.33. The fourth-order valence-electron chi connectivity index (χ4n) is 2.31. The van der Waals surface area contributed by atoms with Crippen LogP contribution in [0.3, 0.4) is 0 Å². The molecule has 1 aromatic rings. The van der Waals surface area contributed by atoms with Gasteiger partial charge in [0.15, 0.2) is 0 Å². The first-order valence-corrected chi connectivity index (χ1v) is 7.17. The minimum Gasteiger partial charge on any atom is -0.399 e. The van der Waals surface area contributed by atoms with Crippen LogP contribution in [0.1, 0.15) is 37.7 Å². The zero-order chi connectivity index (χ0) is 14.5. The van der Waals surface area contributed by atoms with E-state index in [9.17, 15) is 4.79 Å². The van der Waals surface area contributed by atoms with E-state index in [4.69, 9.17) is 12.2 Å². The van der Waals surface area contributed by atoms with Crippen molar-refractivity contribution >= 4 is 11.6 Å². The second-order valence-corrected chi connectivity index (χ2v) is 5.69. The number of hydrogen-bond acceptors (Lipinski definition) is 2. The van der Waals surface area contributed by atoms with Gasteiger partial charge in [-0.3, -0.25) is 4.79 Å². The third-order valence-corrected chi connectivity index (χ3v) is 3.80. The molecular weight excluding hydrogens is 248 g/mol. The predicted molar refractivity (Wildman–Crippen MR) is 82.0 cm³/mol. The fourth-order valence-corrected chi connectivity index (χ4v) is 2.31. The zero-order valence-electron chi connectivity index (χ0n) is 12.0. The zero-order valence-corrected chi connectivity index (χ0v) is 12.0. The molecule has 1 atom stereocenters. The summed E-state index contributed by atoms with van der Waals surface area (Å²) in [6.07, 6.45) is 8.31. The van der Waals surface area contributed by atoms with Gasteiger partial charge in [0, 0.05) is 18.7 Å². The molecule has 1 saturated carbocycles. The Hall–Kier alpha value is -1.95. The van der Waals surface area contributed by atoms with Crippen LogP contribution in [0, 0.1) is 18.3 Å². The molecule has 1 aromatic carbocycles. The quantitative estimate of drug-likeness (QED) is 0.638. The van der Waals surface area contributed by atoms with Crippen molar-refractivity contribution in [3.05, 3.63) is 29.8 Å². The number of carbonyl (C=O) groups is 1. The van der Waals surface area contributed by atoms with Crippen molar-refractivity contribution in [1.82, 2.24) is 4.90 Å². The number of amides is 1. The van der Waals surface area contributed by atoms with Crippen LogP contribution in [0.5, 0.6) is 0 Å². The number of anilines is 1. The third kappa shape index (κ3) is 4.03. The molecule has 0 spiro atoms. The maximum Gasteiger partial charge on any atom is 0.223 e. The Bertz CT molecular complexity index is 497. The summed E-state index contributed by atoms with van der Waals surface area (Å²) < 4.78 is 0. The van der Waals surface area contributed by atoms with Crippen molar-refractivity contribution in [3.8, 4) is 12.3 Å². The van der Waals surface area contributed by atoms with Gasteiger partial charge in [-0.05, 0) is 42.4 Å². The van der Waals surface area contributed by atoms with E-state index in [1.165, 1.54) is 12.8 Å². The molecule has 3 heteroatoms. The molecule has 0 aromatic heterocycles. The molecule has 20 heavy (non-hydrogen) atoms. The summed E-state index contributed by atoms with van der Waals surface area (Å²) in [5.41, 5.74) is 7.56. The summed E-state index contributed by atoms with van der Waals surface area (Å²) in [6.45, 7) is 3.30. The van der Waals surface area contributed by atoms with Crippen LogP contribution in [0.15, 0.2) is 24.3 Å². The lowest BCUT2D eigenvalue weighted by atomic mass is 9.97. The van der Waals surface area contributed by atoms with E-state index in [-0.39, 0.29) is 11.8 Å². The number of benzene rings is 1. The molecule has 2 rings (SSSR count). The third-order valence-electron chi connectivity index (χ3n) is 3.80. The lowest BCUT2D eigenvalue weighted by Gasteiger charge is -2.22. The van der Waals surface area contributed by atoms with Gasteiger partial charge >= 0.3 is 0 Å². The SMILES string of the molecule is C#CCN(CC1CC1)C(=O)CC(C)c1ccc(N)cc1. The summed E-state index contributed by atoms with van der Waals surface area (Å²) in [6, 6.07) is 7.72. The van der Waals surface area contributed by atoms with Crippen LogP contribution in [0.2, 0.25) is 0 Å². The number of nitrogens with two attached hydrogens (primary N) is 1. The molecule has 0 heterocycles. The molecule has 0 radical (unpaired) electrons. The molecule has 3 nitrogen and oxygen atoms in total. The molecule has 1 fully saturated rings. The average Bonchev–Trinajstić information content (AvgIpc) is 3.23. The van der Waals surface area contributed by atoms with E-state index in [0.717, 1.165) is 17.8 Å². The van der Waals surface area contributed by atoms with Crippen LogP contribution < -0.4 is 5.73 Å². The van der Waals surface area contributed by atoms with Crippen LogP contribution in [0.4, 0.5) is 5.69 Å². The minimum absolute atomic E-state index is 0.152. The topological polar surface area (TPSA) is 46.3 Å². The van der Waals surface area contributed by atoms with Gasteiger partial charge in [-0.25, -0.2) is 0 Å². The van der Waals surface area contributed by atoms with E-state index in [0.29, 0.717) is 18.9 Å². The molecule has 106 valence electrons. The van der Waals surface area contributed by atoms with Crippen LogP contribution in [-0.2, 0) is 4.79 Å². The van der Waals surface area contributed by atoms with Gasteiger partial charge in [0.2, 0.25) is 5.91 Å². The van der Waals surface area contributed by atoms with E-state index in [2.05, 4.69) is 12.8 Å². The molecule has 2 N–H and O–H groups in total. The highest BCUT2D eigenvalue weighted by atomic mass is 16.2. The summed E-state index contributed by atoms with van der Waals surface area (Å²) >= 11 is 0. The highest BCUT2D eigenvalue weighted by Gasteiger charge is 2.27. The monoisotopic (exact) mass is 270 g/mol. The normalized spacial score (nSPS) is 15.4. The average molecular weight is 270 g/mol. The van der Waals surface area contributed by atoms with Crippen molar-refractivity contribution in [2.75, 3.05) is 18.8 Å². The Morgan fingerprint density at radius 3 is 2.65 bits per heavy atom. The maximum absolute atomic E-state index is 12.4. The molecule has 1 aliphatic carbocycles. The van der Waals surface area contributed by atoms with Crippen LogP contribution in [-0.4, -0.2) is 23.9 Å². The maximum atomic E-state index is 12.4. The first-order valence-electron chi connectivity index (χ1n) is 7.17. The summed E-state index contributed by atoms with van der Waals surface area (Å²) in [4.78, 5) is 14.2. The number of nitrogen functional groups attached to an aromatic ring is 1. The highest BCUT2D eigenvalue weighted by molar-refractivity contribution is 5.77.